The zero-order valence-electron chi connectivity index (χ0n) is 13.9. The fraction of sp³-hybridized carbons (Fsp3) is 0.222. The van der Waals surface area contributed by atoms with Gasteiger partial charge in [0.15, 0.2) is 0 Å². The average molecular weight is 363 g/mol. The van der Waals surface area contributed by atoms with Crippen LogP contribution in [0.5, 0.6) is 5.75 Å². The highest BCUT2D eigenvalue weighted by atomic mass is 19.4. The number of rotatable bonds is 6. The molecule has 0 spiro atoms. The van der Waals surface area contributed by atoms with Crippen molar-refractivity contribution in [3.8, 4) is 17.2 Å². The molecule has 0 saturated heterocycles. The van der Waals surface area contributed by atoms with E-state index in [9.17, 15) is 13.2 Å². The molecule has 3 rings (SSSR count). The van der Waals surface area contributed by atoms with Crippen molar-refractivity contribution in [1.29, 1.82) is 0 Å². The zero-order chi connectivity index (χ0) is 18.6. The van der Waals surface area contributed by atoms with Crippen LogP contribution in [0.1, 0.15) is 11.5 Å². The molecule has 2 aromatic carbocycles. The smallest absolute Gasteiger partial charge is 0.419 e. The highest BCUT2D eigenvalue weighted by Gasteiger charge is 2.30. The first-order valence-corrected chi connectivity index (χ1v) is 7.80. The van der Waals surface area contributed by atoms with Gasteiger partial charge >= 0.3 is 6.36 Å². The summed E-state index contributed by atoms with van der Waals surface area (Å²) in [5.41, 5.74) is 1.68. The van der Waals surface area contributed by atoms with Crippen LogP contribution in [0.25, 0.3) is 11.5 Å². The molecule has 136 valence electrons. The van der Waals surface area contributed by atoms with E-state index in [1.165, 1.54) is 12.1 Å². The van der Waals surface area contributed by atoms with E-state index in [1.54, 1.807) is 12.1 Å². The van der Waals surface area contributed by atoms with Crippen LogP contribution in [0.15, 0.2) is 59.0 Å². The van der Waals surface area contributed by atoms with Gasteiger partial charge in [0.2, 0.25) is 11.8 Å². The molecule has 0 aliphatic heterocycles. The van der Waals surface area contributed by atoms with Crippen molar-refractivity contribution >= 4 is 0 Å². The van der Waals surface area contributed by atoms with Crippen molar-refractivity contribution in [1.82, 2.24) is 15.1 Å². The summed E-state index contributed by atoms with van der Waals surface area (Å²) in [4.78, 5) is 1.92. The number of hydrogen-bond donors (Lipinski definition) is 0. The van der Waals surface area contributed by atoms with E-state index in [0.717, 1.165) is 11.1 Å². The van der Waals surface area contributed by atoms with E-state index in [4.69, 9.17) is 4.42 Å². The molecule has 0 aliphatic carbocycles. The van der Waals surface area contributed by atoms with E-state index in [2.05, 4.69) is 14.9 Å². The molecule has 0 amide bonds. The van der Waals surface area contributed by atoms with Crippen LogP contribution in [-0.4, -0.2) is 28.5 Å². The number of nitrogens with zero attached hydrogens (tertiary/aromatic N) is 3. The summed E-state index contributed by atoms with van der Waals surface area (Å²) in [6.45, 7) is 0.927. The van der Waals surface area contributed by atoms with Gasteiger partial charge in [-0.2, -0.15) is 0 Å². The van der Waals surface area contributed by atoms with Crippen molar-refractivity contribution in [2.75, 3.05) is 7.05 Å². The summed E-state index contributed by atoms with van der Waals surface area (Å²) in [5.74, 6) is 0.666. The van der Waals surface area contributed by atoms with Crippen LogP contribution in [0.2, 0.25) is 0 Å². The van der Waals surface area contributed by atoms with Crippen LogP contribution < -0.4 is 4.74 Å². The lowest BCUT2D eigenvalue weighted by molar-refractivity contribution is -0.274. The molecule has 0 radical (unpaired) electrons. The van der Waals surface area contributed by atoms with Crippen molar-refractivity contribution in [3.63, 3.8) is 0 Å². The van der Waals surface area contributed by atoms with Crippen LogP contribution in [-0.2, 0) is 13.1 Å². The lowest BCUT2D eigenvalue weighted by Gasteiger charge is -2.15. The second-order valence-corrected chi connectivity index (χ2v) is 5.73. The second-order valence-electron chi connectivity index (χ2n) is 5.73. The Morgan fingerprint density at radius 3 is 2.31 bits per heavy atom. The molecule has 0 N–H and O–H groups in total. The normalized spacial score (nSPS) is 11.7. The highest BCUT2D eigenvalue weighted by molar-refractivity contribution is 5.51. The number of benzene rings is 2. The molecule has 0 unspecified atom stereocenters. The maximum atomic E-state index is 12.2. The van der Waals surface area contributed by atoms with E-state index >= 15 is 0 Å². The van der Waals surface area contributed by atoms with Gasteiger partial charge < -0.3 is 9.15 Å². The predicted octanol–water partition coefficient (Wildman–Crippen LogP) is 4.27. The van der Waals surface area contributed by atoms with Crippen LogP contribution in [0.4, 0.5) is 13.2 Å². The maximum Gasteiger partial charge on any atom is 0.573 e. The van der Waals surface area contributed by atoms with Crippen molar-refractivity contribution in [2.45, 2.75) is 19.5 Å². The minimum atomic E-state index is -4.69. The minimum absolute atomic E-state index is 0.242. The molecule has 0 fully saturated rings. The van der Waals surface area contributed by atoms with Gasteiger partial charge in [0, 0.05) is 12.1 Å². The molecule has 5 nitrogen and oxygen atoms in total. The predicted molar refractivity (Wildman–Crippen MR) is 88.0 cm³/mol. The molecule has 1 aromatic heterocycles. The Morgan fingerprint density at radius 2 is 1.65 bits per heavy atom. The molecule has 0 bridgehead atoms. The van der Waals surface area contributed by atoms with Crippen LogP contribution in [0, 0.1) is 0 Å². The molecule has 8 heteroatoms. The molecule has 3 aromatic rings. The fourth-order valence-corrected chi connectivity index (χ4v) is 2.41. The standard InChI is InChI=1S/C18H16F3N3O2/c1-24(11-13-7-9-15(10-8-13)26-18(19,20)21)12-16-22-23-17(25-16)14-5-3-2-4-6-14/h2-10H,11-12H2,1H3. The Bertz CT molecular complexity index is 833. The maximum absolute atomic E-state index is 12.2. The number of alkyl halides is 3. The number of aromatic nitrogens is 2. The van der Waals surface area contributed by atoms with Crippen molar-refractivity contribution in [3.05, 3.63) is 66.1 Å². The second kappa shape index (κ2) is 7.57. The number of halogens is 3. The monoisotopic (exact) mass is 363 g/mol. The Hall–Kier alpha value is -2.87. The average Bonchev–Trinajstić information content (AvgIpc) is 3.04. The Labute approximate surface area is 148 Å². The molecular formula is C18H16F3N3O2. The van der Waals surface area contributed by atoms with Gasteiger partial charge in [-0.25, -0.2) is 0 Å². The van der Waals surface area contributed by atoms with E-state index in [-0.39, 0.29) is 5.75 Å². The molecule has 0 aliphatic rings. The summed E-state index contributed by atoms with van der Waals surface area (Å²) < 4.78 is 46.0. The van der Waals surface area contributed by atoms with Gasteiger partial charge in [-0.15, -0.1) is 23.4 Å². The Balaban J connectivity index is 1.57. The van der Waals surface area contributed by atoms with Crippen molar-refractivity contribution in [2.24, 2.45) is 0 Å². The third kappa shape index (κ3) is 5.06. The summed E-state index contributed by atoms with van der Waals surface area (Å²) >= 11 is 0. The third-order valence-corrected chi connectivity index (χ3v) is 3.50. The zero-order valence-corrected chi connectivity index (χ0v) is 13.9. The molecule has 0 saturated carbocycles. The first kappa shape index (κ1) is 17.9. The van der Waals surface area contributed by atoms with Gasteiger partial charge in [-0.05, 0) is 36.9 Å². The number of hydrogen-bond acceptors (Lipinski definition) is 5. The lowest BCUT2D eigenvalue weighted by atomic mass is 10.2. The summed E-state index contributed by atoms with van der Waals surface area (Å²) in [6.07, 6.45) is -4.69. The number of ether oxygens (including phenoxy) is 1. The minimum Gasteiger partial charge on any atom is -0.419 e. The third-order valence-electron chi connectivity index (χ3n) is 3.50. The van der Waals surface area contributed by atoms with Crippen LogP contribution >= 0.6 is 0 Å². The summed E-state index contributed by atoms with van der Waals surface area (Å²) in [6, 6.07) is 15.2. The Morgan fingerprint density at radius 1 is 0.962 bits per heavy atom. The van der Waals surface area contributed by atoms with Gasteiger partial charge in [0.1, 0.15) is 5.75 Å². The van der Waals surface area contributed by atoms with E-state index in [1.807, 2.05) is 42.3 Å². The molecule has 26 heavy (non-hydrogen) atoms. The van der Waals surface area contributed by atoms with Crippen LogP contribution in [0.3, 0.4) is 0 Å². The largest absolute Gasteiger partial charge is 0.573 e. The SMILES string of the molecule is CN(Cc1ccc(OC(F)(F)F)cc1)Cc1nnc(-c2ccccc2)o1. The highest BCUT2D eigenvalue weighted by Crippen LogP contribution is 2.23. The summed E-state index contributed by atoms with van der Waals surface area (Å²) in [7, 11) is 1.85. The topological polar surface area (TPSA) is 51.4 Å². The van der Waals surface area contributed by atoms with Gasteiger partial charge in [-0.3, -0.25) is 4.90 Å². The van der Waals surface area contributed by atoms with Gasteiger partial charge in [-0.1, -0.05) is 30.3 Å². The van der Waals surface area contributed by atoms with Gasteiger partial charge in [0.05, 0.1) is 6.54 Å². The summed E-state index contributed by atoms with van der Waals surface area (Å²) in [5, 5.41) is 8.05. The van der Waals surface area contributed by atoms with Crippen molar-refractivity contribution < 1.29 is 22.3 Å². The first-order valence-electron chi connectivity index (χ1n) is 7.80. The lowest BCUT2D eigenvalue weighted by Crippen LogP contribution is -2.18. The van der Waals surface area contributed by atoms with E-state index < -0.39 is 6.36 Å². The fourth-order valence-electron chi connectivity index (χ4n) is 2.41. The van der Waals surface area contributed by atoms with Gasteiger partial charge in [0.25, 0.3) is 0 Å². The first-order chi connectivity index (χ1) is 12.4. The molecule has 0 atom stereocenters. The quantitative estimate of drug-likeness (QED) is 0.655. The van der Waals surface area contributed by atoms with E-state index in [0.29, 0.717) is 24.9 Å². The Kier molecular flexibility index (Phi) is 5.22. The molecular weight excluding hydrogens is 347 g/mol. The molecule has 1 heterocycles.